The quantitative estimate of drug-likeness (QED) is 0.464. The van der Waals surface area contributed by atoms with Crippen molar-refractivity contribution >= 4 is 23.2 Å². The van der Waals surface area contributed by atoms with Crippen LogP contribution in [0.15, 0.2) is 47.0 Å². The predicted octanol–water partition coefficient (Wildman–Crippen LogP) is 4.68. The molecule has 4 aromatic rings. The molecule has 0 spiro atoms. The topological polar surface area (TPSA) is 82.5 Å². The van der Waals surface area contributed by atoms with Crippen molar-refractivity contribution in [3.63, 3.8) is 0 Å². The second kappa shape index (κ2) is 7.61. The van der Waals surface area contributed by atoms with E-state index in [2.05, 4.69) is 25.5 Å². The van der Waals surface area contributed by atoms with E-state index in [-0.39, 0.29) is 12.4 Å². The zero-order chi connectivity index (χ0) is 19.7. The molecule has 142 valence electrons. The van der Waals surface area contributed by atoms with Gasteiger partial charge in [0.1, 0.15) is 5.69 Å². The first-order valence-corrected chi connectivity index (χ1v) is 8.68. The number of hydrogen-bond donors (Lipinski definition) is 0. The van der Waals surface area contributed by atoms with Crippen LogP contribution in [-0.4, -0.2) is 30.2 Å². The maximum Gasteiger partial charge on any atom is 0.314 e. The Bertz CT molecular complexity index is 1110. The van der Waals surface area contributed by atoms with Gasteiger partial charge in [-0.3, -0.25) is 4.98 Å². The van der Waals surface area contributed by atoms with Gasteiger partial charge >= 0.3 is 6.43 Å². The Morgan fingerprint density at radius 2 is 1.89 bits per heavy atom. The highest BCUT2D eigenvalue weighted by atomic mass is 35.5. The van der Waals surface area contributed by atoms with E-state index in [1.165, 1.54) is 10.9 Å². The van der Waals surface area contributed by atoms with E-state index >= 15 is 0 Å². The molecule has 28 heavy (non-hydrogen) atoms. The zero-order valence-corrected chi connectivity index (χ0v) is 15.4. The Balaban J connectivity index is 1.53. The fraction of sp³-hybridized carbons (Fsp3) is 0.118. The Labute approximate surface area is 166 Å². The lowest BCUT2D eigenvalue weighted by Crippen LogP contribution is -2.04. The average Bonchev–Trinajstić information content (AvgIpc) is 3.31. The number of benzene rings is 1. The lowest BCUT2D eigenvalue weighted by Gasteiger charge is -2.03. The lowest BCUT2D eigenvalue weighted by atomic mass is 10.2. The zero-order valence-electron chi connectivity index (χ0n) is 13.9. The minimum atomic E-state index is -2.82. The van der Waals surface area contributed by atoms with Crippen LogP contribution >= 0.6 is 23.2 Å². The molecule has 0 unspecified atom stereocenters. The number of halogens is 4. The Morgan fingerprint density at radius 3 is 2.57 bits per heavy atom. The third kappa shape index (κ3) is 3.71. The second-order valence-electron chi connectivity index (χ2n) is 5.68. The Hall–Kier alpha value is -2.91. The van der Waals surface area contributed by atoms with Crippen LogP contribution in [0.25, 0.3) is 22.7 Å². The monoisotopic (exact) mass is 422 g/mol. The van der Waals surface area contributed by atoms with Gasteiger partial charge in [-0.1, -0.05) is 40.5 Å². The van der Waals surface area contributed by atoms with Crippen molar-refractivity contribution in [1.82, 2.24) is 30.2 Å². The van der Waals surface area contributed by atoms with Crippen molar-refractivity contribution in [2.75, 3.05) is 0 Å². The summed E-state index contributed by atoms with van der Waals surface area (Å²) in [6.07, 6.45) is -1.38. The van der Waals surface area contributed by atoms with Crippen LogP contribution in [0.1, 0.15) is 18.0 Å². The number of alkyl halides is 2. The van der Waals surface area contributed by atoms with E-state index in [1.54, 1.807) is 30.3 Å². The van der Waals surface area contributed by atoms with Crippen molar-refractivity contribution in [3.8, 4) is 22.7 Å². The second-order valence-corrected chi connectivity index (χ2v) is 6.48. The standard InChI is InChI=1S/C17H10Cl2F2N6O/c18-11-3-1-2-9(6-11)13-14(19)27(26-23-13)8-12-5-4-10(7-22-12)16-24-25-17(28-16)15(20)21/h1-7,15H,8H2. The van der Waals surface area contributed by atoms with E-state index < -0.39 is 12.3 Å². The Morgan fingerprint density at radius 1 is 1.04 bits per heavy atom. The minimum Gasteiger partial charge on any atom is -0.415 e. The maximum absolute atomic E-state index is 12.5. The van der Waals surface area contributed by atoms with Gasteiger partial charge < -0.3 is 4.42 Å². The average molecular weight is 423 g/mol. The third-order valence-corrected chi connectivity index (χ3v) is 4.39. The molecule has 4 rings (SSSR count). The van der Waals surface area contributed by atoms with Gasteiger partial charge in [0.05, 0.1) is 17.8 Å². The summed E-state index contributed by atoms with van der Waals surface area (Å²) < 4.78 is 31.5. The Kier molecular flexibility index (Phi) is 5.01. The largest absolute Gasteiger partial charge is 0.415 e. The summed E-state index contributed by atoms with van der Waals surface area (Å²) in [5.41, 5.74) is 2.30. The molecule has 0 fully saturated rings. The summed E-state index contributed by atoms with van der Waals surface area (Å²) >= 11 is 12.4. The predicted molar refractivity (Wildman–Crippen MR) is 97.1 cm³/mol. The first kappa shape index (κ1) is 18.5. The van der Waals surface area contributed by atoms with Gasteiger partial charge in [-0.25, -0.2) is 4.68 Å². The van der Waals surface area contributed by atoms with Gasteiger partial charge in [-0.15, -0.1) is 15.3 Å². The summed E-state index contributed by atoms with van der Waals surface area (Å²) in [5.74, 6) is -0.765. The SMILES string of the molecule is FC(F)c1nnc(-c2ccc(Cn3nnc(-c4cccc(Cl)c4)c3Cl)nc2)o1. The van der Waals surface area contributed by atoms with Crippen molar-refractivity contribution in [3.05, 3.63) is 64.4 Å². The third-order valence-electron chi connectivity index (χ3n) is 3.78. The first-order chi connectivity index (χ1) is 13.5. The van der Waals surface area contributed by atoms with E-state index in [0.717, 1.165) is 5.56 Å². The normalized spacial score (nSPS) is 11.3. The van der Waals surface area contributed by atoms with Crippen LogP contribution in [0.3, 0.4) is 0 Å². The summed E-state index contributed by atoms with van der Waals surface area (Å²) in [4.78, 5) is 4.26. The molecular formula is C17H10Cl2F2N6O. The smallest absolute Gasteiger partial charge is 0.314 e. The first-order valence-electron chi connectivity index (χ1n) is 7.93. The molecule has 0 saturated carbocycles. The molecule has 7 nitrogen and oxygen atoms in total. The highest BCUT2D eigenvalue weighted by Gasteiger charge is 2.17. The van der Waals surface area contributed by atoms with Gasteiger partial charge in [0.2, 0.25) is 5.89 Å². The molecule has 11 heteroatoms. The summed E-state index contributed by atoms with van der Waals surface area (Å²) in [6.45, 7) is 0.263. The molecule has 0 bridgehead atoms. The van der Waals surface area contributed by atoms with Crippen molar-refractivity contribution in [1.29, 1.82) is 0 Å². The molecule has 0 amide bonds. The van der Waals surface area contributed by atoms with E-state index in [0.29, 0.717) is 27.1 Å². The van der Waals surface area contributed by atoms with E-state index in [1.807, 2.05) is 6.07 Å². The number of pyridine rings is 1. The summed E-state index contributed by atoms with van der Waals surface area (Å²) in [7, 11) is 0. The molecule has 3 heterocycles. The van der Waals surface area contributed by atoms with Crippen molar-refractivity contribution in [2.45, 2.75) is 13.0 Å². The number of hydrogen-bond acceptors (Lipinski definition) is 6. The summed E-state index contributed by atoms with van der Waals surface area (Å²) in [6, 6.07) is 10.4. The highest BCUT2D eigenvalue weighted by Crippen LogP contribution is 2.28. The number of rotatable bonds is 5. The fourth-order valence-corrected chi connectivity index (χ4v) is 2.88. The van der Waals surface area contributed by atoms with Gasteiger partial charge in [0.25, 0.3) is 5.89 Å². The van der Waals surface area contributed by atoms with Crippen LogP contribution in [0, 0.1) is 0 Å². The molecule has 0 N–H and O–H groups in total. The molecule has 0 saturated heterocycles. The van der Waals surface area contributed by atoms with Gasteiger partial charge in [0, 0.05) is 16.8 Å². The molecule has 0 atom stereocenters. The van der Waals surface area contributed by atoms with Crippen LogP contribution in [0.5, 0.6) is 0 Å². The van der Waals surface area contributed by atoms with Crippen LogP contribution in [-0.2, 0) is 6.54 Å². The van der Waals surface area contributed by atoms with Crippen LogP contribution < -0.4 is 0 Å². The van der Waals surface area contributed by atoms with Gasteiger partial charge in [-0.2, -0.15) is 8.78 Å². The van der Waals surface area contributed by atoms with Crippen molar-refractivity contribution < 1.29 is 13.2 Å². The number of nitrogens with zero attached hydrogens (tertiary/aromatic N) is 6. The molecule has 0 aliphatic rings. The molecule has 0 aliphatic carbocycles. The fourth-order valence-electron chi connectivity index (χ4n) is 2.45. The molecule has 1 aromatic carbocycles. The van der Waals surface area contributed by atoms with Gasteiger partial charge in [-0.05, 0) is 24.3 Å². The van der Waals surface area contributed by atoms with Crippen LogP contribution in [0.4, 0.5) is 8.78 Å². The highest BCUT2D eigenvalue weighted by molar-refractivity contribution is 6.32. The molecular weight excluding hydrogens is 413 g/mol. The minimum absolute atomic E-state index is 0.0311. The lowest BCUT2D eigenvalue weighted by molar-refractivity contribution is 0.116. The molecule has 0 aliphatic heterocycles. The van der Waals surface area contributed by atoms with E-state index in [9.17, 15) is 8.78 Å². The molecule has 3 aromatic heterocycles. The molecule has 0 radical (unpaired) electrons. The van der Waals surface area contributed by atoms with E-state index in [4.69, 9.17) is 27.6 Å². The number of aromatic nitrogens is 6. The summed E-state index contributed by atoms with van der Waals surface area (Å²) in [5, 5.41) is 15.9. The van der Waals surface area contributed by atoms with Gasteiger partial charge in [0.15, 0.2) is 5.15 Å². The maximum atomic E-state index is 12.5. The van der Waals surface area contributed by atoms with Crippen LogP contribution in [0.2, 0.25) is 10.2 Å². The van der Waals surface area contributed by atoms with Crippen molar-refractivity contribution in [2.24, 2.45) is 0 Å².